The molecule has 2 N–H and O–H groups in total. The molecular formula is C26H30N4O3. The molecule has 7 nitrogen and oxygen atoms in total. The molecule has 0 aliphatic heterocycles. The Hall–Kier alpha value is -3.74. The van der Waals surface area contributed by atoms with Gasteiger partial charge in [-0.25, -0.2) is 0 Å². The Kier molecular flexibility index (Phi) is 6.40. The Bertz CT molecular complexity index is 1280. The zero-order valence-corrected chi connectivity index (χ0v) is 19.8. The average Bonchev–Trinajstić information content (AvgIpc) is 3.08. The first-order valence-electron chi connectivity index (χ1n) is 11.1. The molecule has 7 heteroatoms. The summed E-state index contributed by atoms with van der Waals surface area (Å²) >= 11 is 0. The van der Waals surface area contributed by atoms with Crippen LogP contribution in [0.4, 0.5) is 5.82 Å². The van der Waals surface area contributed by atoms with Crippen molar-refractivity contribution in [2.24, 2.45) is 0 Å². The van der Waals surface area contributed by atoms with Crippen molar-refractivity contribution in [1.29, 1.82) is 0 Å². The first-order valence-corrected chi connectivity index (χ1v) is 11.1. The van der Waals surface area contributed by atoms with Gasteiger partial charge in [-0.15, -0.1) is 5.10 Å². The maximum absolute atomic E-state index is 9.48. The summed E-state index contributed by atoms with van der Waals surface area (Å²) in [6.07, 6.45) is 0.808. The molecule has 0 aliphatic rings. The molecule has 4 aromatic rings. The van der Waals surface area contributed by atoms with Gasteiger partial charge in [0.2, 0.25) is 0 Å². The summed E-state index contributed by atoms with van der Waals surface area (Å²) in [6.45, 7) is 9.45. The number of hydrogen-bond acceptors (Lipinski definition) is 6. The Morgan fingerprint density at radius 3 is 2.39 bits per heavy atom. The molecule has 0 bridgehead atoms. The number of nitrogens with one attached hydrogen (secondary N) is 1. The number of nitrogens with zero attached hydrogens (tertiary/aromatic N) is 3. The van der Waals surface area contributed by atoms with Crippen molar-refractivity contribution in [3.8, 4) is 22.9 Å². The lowest BCUT2D eigenvalue weighted by Crippen LogP contribution is -2.08. The maximum Gasteiger partial charge on any atom is 0.158 e. The summed E-state index contributed by atoms with van der Waals surface area (Å²) in [6, 6.07) is 13.2. The van der Waals surface area contributed by atoms with E-state index in [1.54, 1.807) is 19.2 Å². The zero-order chi connectivity index (χ0) is 23.5. The van der Waals surface area contributed by atoms with Gasteiger partial charge in [0.05, 0.1) is 25.1 Å². The third-order valence-electron chi connectivity index (χ3n) is 5.89. The molecule has 33 heavy (non-hydrogen) atoms. The SMILES string of the molecule is CCOc1ccc(-n2c(C)c3c(C)nnc(NCCc4ccc(O)cc4)c3c2C)c(OC)c1. The highest BCUT2D eigenvalue weighted by atomic mass is 16.5. The molecule has 0 radical (unpaired) electrons. The van der Waals surface area contributed by atoms with Gasteiger partial charge in [0.25, 0.3) is 0 Å². The first kappa shape index (κ1) is 22.5. The van der Waals surface area contributed by atoms with Gasteiger partial charge in [0.1, 0.15) is 17.2 Å². The number of fused-ring (bicyclic) bond motifs is 1. The minimum atomic E-state index is 0.273. The van der Waals surface area contributed by atoms with E-state index in [9.17, 15) is 5.11 Å². The van der Waals surface area contributed by atoms with E-state index in [1.165, 1.54) is 0 Å². The van der Waals surface area contributed by atoms with E-state index in [2.05, 4.69) is 33.9 Å². The van der Waals surface area contributed by atoms with Crippen molar-refractivity contribution in [3.05, 3.63) is 65.1 Å². The molecule has 0 amide bonds. The molecule has 2 aromatic heterocycles. The van der Waals surface area contributed by atoms with Crippen LogP contribution in [0.15, 0.2) is 42.5 Å². The molecule has 0 saturated carbocycles. The Labute approximate surface area is 194 Å². The molecule has 2 aromatic carbocycles. The van der Waals surface area contributed by atoms with Crippen LogP contribution < -0.4 is 14.8 Å². The Morgan fingerprint density at radius 1 is 0.970 bits per heavy atom. The number of anilines is 1. The van der Waals surface area contributed by atoms with Crippen LogP contribution in [0.2, 0.25) is 0 Å². The maximum atomic E-state index is 9.48. The van der Waals surface area contributed by atoms with Crippen LogP contribution in [0.3, 0.4) is 0 Å². The molecule has 2 heterocycles. The van der Waals surface area contributed by atoms with Crippen molar-refractivity contribution < 1.29 is 14.6 Å². The lowest BCUT2D eigenvalue weighted by molar-refractivity contribution is 0.336. The highest BCUT2D eigenvalue weighted by molar-refractivity contribution is 5.98. The number of aromatic nitrogens is 3. The van der Waals surface area contributed by atoms with E-state index in [0.29, 0.717) is 13.2 Å². The number of hydrogen-bond donors (Lipinski definition) is 2. The monoisotopic (exact) mass is 446 g/mol. The number of aromatic hydroxyl groups is 1. The number of benzene rings is 2. The second kappa shape index (κ2) is 9.40. The number of phenolic OH excluding ortho intramolecular Hbond substituents is 1. The van der Waals surface area contributed by atoms with Crippen molar-refractivity contribution in [3.63, 3.8) is 0 Å². The third-order valence-corrected chi connectivity index (χ3v) is 5.89. The normalized spacial score (nSPS) is 11.1. The van der Waals surface area contributed by atoms with Gasteiger partial charge in [0, 0.05) is 34.8 Å². The third kappa shape index (κ3) is 4.31. The van der Waals surface area contributed by atoms with Crippen molar-refractivity contribution in [2.75, 3.05) is 25.6 Å². The van der Waals surface area contributed by atoms with Crippen molar-refractivity contribution >= 4 is 16.6 Å². The van der Waals surface area contributed by atoms with Gasteiger partial charge in [0.15, 0.2) is 5.82 Å². The molecule has 0 unspecified atom stereocenters. The molecule has 0 spiro atoms. The number of rotatable bonds is 8. The average molecular weight is 447 g/mol. The van der Waals surface area contributed by atoms with E-state index in [4.69, 9.17) is 9.47 Å². The lowest BCUT2D eigenvalue weighted by Gasteiger charge is -2.15. The minimum Gasteiger partial charge on any atom is -0.508 e. The lowest BCUT2D eigenvalue weighted by atomic mass is 10.1. The summed E-state index contributed by atoms with van der Waals surface area (Å²) in [4.78, 5) is 0. The summed E-state index contributed by atoms with van der Waals surface area (Å²) in [5, 5.41) is 24.0. The zero-order valence-electron chi connectivity index (χ0n) is 19.8. The van der Waals surface area contributed by atoms with Crippen LogP contribution >= 0.6 is 0 Å². The van der Waals surface area contributed by atoms with Crippen molar-refractivity contribution in [2.45, 2.75) is 34.1 Å². The largest absolute Gasteiger partial charge is 0.508 e. The fourth-order valence-corrected chi connectivity index (χ4v) is 4.37. The molecular weight excluding hydrogens is 416 g/mol. The van der Waals surface area contributed by atoms with Gasteiger partial charge in [-0.3, -0.25) is 0 Å². The van der Waals surface area contributed by atoms with E-state index in [0.717, 1.165) is 62.8 Å². The Morgan fingerprint density at radius 2 is 1.70 bits per heavy atom. The second-order valence-electron chi connectivity index (χ2n) is 8.00. The highest BCUT2D eigenvalue weighted by Gasteiger charge is 2.21. The molecule has 172 valence electrons. The molecule has 0 fully saturated rings. The highest BCUT2D eigenvalue weighted by Crippen LogP contribution is 2.37. The number of phenols is 1. The minimum absolute atomic E-state index is 0.273. The molecule has 4 rings (SSSR count). The van der Waals surface area contributed by atoms with Crippen LogP contribution in [0.5, 0.6) is 17.2 Å². The van der Waals surface area contributed by atoms with E-state index in [-0.39, 0.29) is 5.75 Å². The predicted molar refractivity (Wildman–Crippen MR) is 131 cm³/mol. The topological polar surface area (TPSA) is 81.4 Å². The number of aryl methyl sites for hydroxylation is 3. The molecule has 0 atom stereocenters. The quantitative estimate of drug-likeness (QED) is 0.391. The summed E-state index contributed by atoms with van der Waals surface area (Å²) < 4.78 is 13.6. The fourth-order valence-electron chi connectivity index (χ4n) is 4.37. The van der Waals surface area contributed by atoms with E-state index >= 15 is 0 Å². The standard InChI is InChI=1S/C26H30N4O3/c1-6-33-21-11-12-22(23(15-21)32-5)30-17(3)24-16(2)28-29-26(25(24)18(30)4)27-14-13-19-7-9-20(31)10-8-19/h7-12,15,31H,6,13-14H2,1-5H3,(H,27,29). The van der Waals surface area contributed by atoms with Crippen LogP contribution in [0.1, 0.15) is 29.6 Å². The summed E-state index contributed by atoms with van der Waals surface area (Å²) in [5.41, 5.74) is 5.12. The van der Waals surface area contributed by atoms with Gasteiger partial charge >= 0.3 is 0 Å². The smallest absolute Gasteiger partial charge is 0.158 e. The number of ether oxygens (including phenoxy) is 2. The van der Waals surface area contributed by atoms with Crippen LogP contribution in [0.25, 0.3) is 16.5 Å². The van der Waals surface area contributed by atoms with E-state index < -0.39 is 0 Å². The van der Waals surface area contributed by atoms with Crippen LogP contribution in [-0.4, -0.2) is 40.1 Å². The summed E-state index contributed by atoms with van der Waals surface area (Å²) in [7, 11) is 1.67. The fraction of sp³-hybridized carbons (Fsp3) is 0.308. The predicted octanol–water partition coefficient (Wildman–Crippen LogP) is 5.11. The summed E-state index contributed by atoms with van der Waals surface area (Å²) in [5.74, 6) is 2.56. The van der Waals surface area contributed by atoms with Crippen LogP contribution in [-0.2, 0) is 6.42 Å². The Balaban J connectivity index is 1.73. The van der Waals surface area contributed by atoms with Crippen LogP contribution in [0, 0.1) is 20.8 Å². The van der Waals surface area contributed by atoms with Gasteiger partial charge in [-0.1, -0.05) is 12.1 Å². The van der Waals surface area contributed by atoms with Gasteiger partial charge in [-0.2, -0.15) is 5.10 Å². The molecule has 0 saturated heterocycles. The second-order valence-corrected chi connectivity index (χ2v) is 8.00. The molecule has 0 aliphatic carbocycles. The van der Waals surface area contributed by atoms with Crippen molar-refractivity contribution in [1.82, 2.24) is 14.8 Å². The van der Waals surface area contributed by atoms with Gasteiger partial charge < -0.3 is 24.5 Å². The van der Waals surface area contributed by atoms with Gasteiger partial charge in [-0.05, 0) is 63.9 Å². The van der Waals surface area contributed by atoms with E-state index in [1.807, 2.05) is 44.2 Å². The number of methoxy groups -OCH3 is 1. The first-order chi connectivity index (χ1) is 15.9.